The van der Waals surface area contributed by atoms with Crippen molar-refractivity contribution in [3.8, 4) is 11.5 Å². The van der Waals surface area contributed by atoms with Gasteiger partial charge in [-0.2, -0.15) is 0 Å². The number of rotatable bonds is 5. The van der Waals surface area contributed by atoms with Crippen LogP contribution in [0.1, 0.15) is 10.7 Å². The molecule has 0 saturated carbocycles. The number of hydrogen-bond acceptors (Lipinski definition) is 5. The normalized spacial score (nSPS) is 17.2. The zero-order valence-electron chi connectivity index (χ0n) is 12.4. The van der Waals surface area contributed by atoms with Gasteiger partial charge < -0.3 is 14.4 Å². The molecule has 0 radical (unpaired) electrons. The molecule has 112 valence electrons. The van der Waals surface area contributed by atoms with Crippen molar-refractivity contribution < 1.29 is 9.47 Å². The van der Waals surface area contributed by atoms with E-state index >= 15 is 0 Å². The summed E-state index contributed by atoms with van der Waals surface area (Å²) < 4.78 is 11.7. The van der Waals surface area contributed by atoms with Crippen LogP contribution in [0.2, 0.25) is 0 Å². The number of ether oxygens (including phenoxy) is 2. The molecule has 2 heterocycles. The van der Waals surface area contributed by atoms with Gasteiger partial charge in [-0.05, 0) is 26.1 Å². The summed E-state index contributed by atoms with van der Waals surface area (Å²) in [4.78, 5) is 6.77. The summed E-state index contributed by atoms with van der Waals surface area (Å²) in [5.74, 6) is 1.69. The molecule has 1 aromatic carbocycles. The van der Waals surface area contributed by atoms with Gasteiger partial charge in [-0.3, -0.25) is 0 Å². The summed E-state index contributed by atoms with van der Waals surface area (Å²) in [7, 11) is 2.11. The Morgan fingerprint density at radius 1 is 1.33 bits per heavy atom. The highest BCUT2D eigenvalue weighted by Gasteiger charge is 2.21. The molecule has 0 aliphatic carbocycles. The van der Waals surface area contributed by atoms with Crippen LogP contribution in [-0.2, 0) is 6.42 Å². The van der Waals surface area contributed by atoms with E-state index in [0.717, 1.165) is 36.0 Å². The third-order valence-corrected chi connectivity index (χ3v) is 4.32. The molecule has 3 rings (SSSR count). The van der Waals surface area contributed by atoms with Crippen molar-refractivity contribution in [2.24, 2.45) is 0 Å². The summed E-state index contributed by atoms with van der Waals surface area (Å²) in [6.45, 7) is 4.49. The van der Waals surface area contributed by atoms with Crippen molar-refractivity contribution in [3.05, 3.63) is 40.3 Å². The van der Waals surface area contributed by atoms with E-state index in [0.29, 0.717) is 6.61 Å². The Morgan fingerprint density at radius 2 is 2.14 bits per heavy atom. The number of thiazole rings is 1. The average molecular weight is 304 g/mol. The van der Waals surface area contributed by atoms with Crippen LogP contribution >= 0.6 is 11.3 Å². The van der Waals surface area contributed by atoms with Crippen molar-refractivity contribution in [1.82, 2.24) is 9.88 Å². The van der Waals surface area contributed by atoms with Gasteiger partial charge in [0.1, 0.15) is 12.7 Å². The minimum absolute atomic E-state index is 0.0853. The number of para-hydroxylation sites is 2. The van der Waals surface area contributed by atoms with Gasteiger partial charge >= 0.3 is 0 Å². The quantitative estimate of drug-likeness (QED) is 0.851. The molecule has 1 aliphatic rings. The lowest BCUT2D eigenvalue weighted by atomic mass is 10.2. The third-order valence-electron chi connectivity index (χ3n) is 3.50. The van der Waals surface area contributed by atoms with E-state index in [1.54, 1.807) is 11.3 Å². The number of hydrogen-bond donors (Lipinski definition) is 0. The second-order valence-corrected chi connectivity index (χ2v) is 6.43. The largest absolute Gasteiger partial charge is 0.486 e. The minimum Gasteiger partial charge on any atom is -0.486 e. The maximum absolute atomic E-state index is 5.98. The lowest BCUT2D eigenvalue weighted by Crippen LogP contribution is -2.40. The first-order chi connectivity index (χ1) is 10.2. The van der Waals surface area contributed by atoms with Crippen LogP contribution in [0.4, 0.5) is 0 Å². The number of nitrogens with zero attached hydrogens (tertiary/aromatic N) is 2. The van der Waals surface area contributed by atoms with Gasteiger partial charge in [0, 0.05) is 24.9 Å². The lowest BCUT2D eigenvalue weighted by Gasteiger charge is -2.29. The molecule has 1 unspecified atom stereocenters. The molecule has 21 heavy (non-hydrogen) atoms. The fourth-order valence-corrected chi connectivity index (χ4v) is 3.07. The summed E-state index contributed by atoms with van der Waals surface area (Å²) in [5.41, 5.74) is 1.18. The number of benzene rings is 1. The molecule has 1 aliphatic heterocycles. The van der Waals surface area contributed by atoms with E-state index in [9.17, 15) is 0 Å². The Bertz CT molecular complexity index is 599. The van der Waals surface area contributed by atoms with Crippen LogP contribution in [0, 0.1) is 6.92 Å². The fourth-order valence-electron chi connectivity index (χ4n) is 2.42. The van der Waals surface area contributed by atoms with Crippen molar-refractivity contribution in [1.29, 1.82) is 0 Å². The summed E-state index contributed by atoms with van der Waals surface area (Å²) in [6.07, 6.45) is 1.06. The molecule has 4 nitrogen and oxygen atoms in total. The maximum Gasteiger partial charge on any atom is 0.161 e. The minimum atomic E-state index is 0.0853. The van der Waals surface area contributed by atoms with Crippen molar-refractivity contribution in [2.45, 2.75) is 19.4 Å². The highest BCUT2D eigenvalue weighted by atomic mass is 32.1. The van der Waals surface area contributed by atoms with E-state index in [1.165, 1.54) is 5.69 Å². The van der Waals surface area contributed by atoms with Gasteiger partial charge in [-0.1, -0.05) is 12.1 Å². The zero-order chi connectivity index (χ0) is 14.7. The molecule has 0 N–H and O–H groups in total. The van der Waals surface area contributed by atoms with Crippen LogP contribution in [0.25, 0.3) is 0 Å². The van der Waals surface area contributed by atoms with Crippen LogP contribution in [0.3, 0.4) is 0 Å². The third kappa shape index (κ3) is 3.74. The number of likely N-dealkylation sites (N-methyl/N-ethyl adjacent to an activating group) is 1. The van der Waals surface area contributed by atoms with E-state index in [1.807, 2.05) is 31.2 Å². The molecule has 5 heteroatoms. The van der Waals surface area contributed by atoms with E-state index in [4.69, 9.17) is 9.47 Å². The maximum atomic E-state index is 5.98. The molecule has 0 saturated heterocycles. The Balaban J connectivity index is 1.48. The van der Waals surface area contributed by atoms with Crippen LogP contribution in [0.5, 0.6) is 11.5 Å². The Hall–Kier alpha value is -1.59. The number of fused-ring (bicyclic) bond motifs is 1. The number of aryl methyl sites for hydroxylation is 1. The molecule has 1 atom stereocenters. The van der Waals surface area contributed by atoms with Gasteiger partial charge in [0.15, 0.2) is 11.5 Å². The SMILES string of the molecule is Cc1nc(CCN(C)CC2COc3ccccc3O2)cs1. The Morgan fingerprint density at radius 3 is 2.90 bits per heavy atom. The summed E-state index contributed by atoms with van der Waals surface area (Å²) in [6, 6.07) is 7.84. The standard InChI is InChI=1S/C16H20N2O2S/c1-12-17-13(11-21-12)7-8-18(2)9-14-10-19-15-5-3-4-6-16(15)20-14/h3-6,11,14H,7-10H2,1-2H3. The topological polar surface area (TPSA) is 34.6 Å². The first kappa shape index (κ1) is 14.4. The zero-order valence-corrected chi connectivity index (χ0v) is 13.2. The van der Waals surface area contributed by atoms with Crippen LogP contribution < -0.4 is 9.47 Å². The second kappa shape index (κ2) is 6.45. The second-order valence-electron chi connectivity index (χ2n) is 5.37. The predicted molar refractivity (Wildman–Crippen MR) is 84.4 cm³/mol. The van der Waals surface area contributed by atoms with Crippen LogP contribution in [-0.4, -0.2) is 42.7 Å². The van der Waals surface area contributed by atoms with E-state index in [-0.39, 0.29) is 6.10 Å². The molecule has 1 aromatic heterocycles. The molecule has 0 fully saturated rings. The van der Waals surface area contributed by atoms with E-state index < -0.39 is 0 Å². The van der Waals surface area contributed by atoms with Gasteiger partial charge in [0.05, 0.1) is 10.7 Å². The number of aromatic nitrogens is 1. The van der Waals surface area contributed by atoms with Crippen molar-refractivity contribution >= 4 is 11.3 Å². The molecule has 0 amide bonds. The van der Waals surface area contributed by atoms with E-state index in [2.05, 4.69) is 22.3 Å². The molecule has 0 spiro atoms. The smallest absolute Gasteiger partial charge is 0.161 e. The molecule has 2 aromatic rings. The monoisotopic (exact) mass is 304 g/mol. The predicted octanol–water partition coefficient (Wildman–Crippen LogP) is 2.77. The van der Waals surface area contributed by atoms with Crippen LogP contribution in [0.15, 0.2) is 29.6 Å². The van der Waals surface area contributed by atoms with Crippen molar-refractivity contribution in [2.75, 3.05) is 26.7 Å². The summed E-state index contributed by atoms with van der Waals surface area (Å²) >= 11 is 1.71. The Kier molecular flexibility index (Phi) is 4.41. The van der Waals surface area contributed by atoms with Gasteiger partial charge in [0.25, 0.3) is 0 Å². The van der Waals surface area contributed by atoms with Crippen molar-refractivity contribution in [3.63, 3.8) is 0 Å². The van der Waals surface area contributed by atoms with Gasteiger partial charge in [0.2, 0.25) is 0 Å². The molecular weight excluding hydrogens is 284 g/mol. The molecule has 0 bridgehead atoms. The average Bonchev–Trinajstić information content (AvgIpc) is 2.91. The fraction of sp³-hybridized carbons (Fsp3) is 0.438. The van der Waals surface area contributed by atoms with Gasteiger partial charge in [-0.25, -0.2) is 4.98 Å². The Labute approximate surface area is 129 Å². The summed E-state index contributed by atoms with van der Waals surface area (Å²) in [5, 5.41) is 3.27. The first-order valence-electron chi connectivity index (χ1n) is 7.19. The van der Waals surface area contributed by atoms with Gasteiger partial charge in [-0.15, -0.1) is 11.3 Å². The lowest BCUT2D eigenvalue weighted by molar-refractivity contribution is 0.0657. The first-order valence-corrected chi connectivity index (χ1v) is 8.07. The highest BCUT2D eigenvalue weighted by Crippen LogP contribution is 2.30. The highest BCUT2D eigenvalue weighted by molar-refractivity contribution is 7.09. The molecular formula is C16H20N2O2S.